The number of unbranched alkanes of at least 4 members (excludes halogenated alkanes) is 1. The Labute approximate surface area is 223 Å². The lowest BCUT2D eigenvalue weighted by Crippen LogP contribution is -2.15. The molecule has 1 aromatic carbocycles. The molecule has 0 aromatic heterocycles. The molecular formula is C28H49NO8. The SMILES string of the molecule is CCCCNc1ccc(C(=O)OCCOCCOCCOCCOCCOCCOCC(C)CC)cc1. The van der Waals surface area contributed by atoms with Crippen molar-refractivity contribution in [3.05, 3.63) is 29.8 Å². The van der Waals surface area contributed by atoms with Crippen LogP contribution in [0.5, 0.6) is 0 Å². The fourth-order valence-electron chi connectivity index (χ4n) is 2.91. The zero-order valence-corrected chi connectivity index (χ0v) is 23.2. The van der Waals surface area contributed by atoms with Gasteiger partial charge in [0, 0.05) is 18.8 Å². The van der Waals surface area contributed by atoms with Crippen molar-refractivity contribution in [2.45, 2.75) is 40.0 Å². The Morgan fingerprint density at radius 1 is 0.703 bits per heavy atom. The molecule has 1 N–H and O–H groups in total. The van der Waals surface area contributed by atoms with E-state index in [-0.39, 0.29) is 12.6 Å². The molecule has 0 bridgehead atoms. The number of anilines is 1. The fourth-order valence-corrected chi connectivity index (χ4v) is 2.91. The van der Waals surface area contributed by atoms with Crippen LogP contribution in [0.4, 0.5) is 5.69 Å². The maximum atomic E-state index is 12.1. The quantitative estimate of drug-likeness (QED) is 0.140. The highest BCUT2D eigenvalue weighted by molar-refractivity contribution is 5.89. The van der Waals surface area contributed by atoms with E-state index in [1.54, 1.807) is 12.1 Å². The monoisotopic (exact) mass is 527 g/mol. The normalized spacial score (nSPS) is 12.0. The number of rotatable bonds is 26. The summed E-state index contributed by atoms with van der Waals surface area (Å²) in [6, 6.07) is 7.31. The van der Waals surface area contributed by atoms with Crippen molar-refractivity contribution in [3.8, 4) is 0 Å². The highest BCUT2D eigenvalue weighted by Gasteiger charge is 2.06. The first-order valence-electron chi connectivity index (χ1n) is 13.6. The van der Waals surface area contributed by atoms with Crippen LogP contribution in [0.15, 0.2) is 24.3 Å². The van der Waals surface area contributed by atoms with E-state index in [0.717, 1.165) is 38.1 Å². The van der Waals surface area contributed by atoms with Crippen LogP contribution in [-0.2, 0) is 33.2 Å². The Bertz CT molecular complexity index is 644. The molecule has 0 aliphatic carbocycles. The summed E-state index contributed by atoms with van der Waals surface area (Å²) < 4.78 is 38.0. The topological polar surface area (TPSA) is 93.7 Å². The molecule has 214 valence electrons. The number of esters is 1. The first-order chi connectivity index (χ1) is 18.2. The molecule has 0 saturated carbocycles. The van der Waals surface area contributed by atoms with Gasteiger partial charge in [0.25, 0.3) is 0 Å². The largest absolute Gasteiger partial charge is 0.460 e. The molecule has 0 amide bonds. The van der Waals surface area contributed by atoms with Gasteiger partial charge in [-0.25, -0.2) is 4.79 Å². The molecule has 0 fully saturated rings. The number of nitrogens with one attached hydrogen (secondary N) is 1. The highest BCUT2D eigenvalue weighted by Crippen LogP contribution is 2.10. The highest BCUT2D eigenvalue weighted by atomic mass is 16.6. The van der Waals surface area contributed by atoms with Crippen LogP contribution in [0.1, 0.15) is 50.4 Å². The summed E-state index contributed by atoms with van der Waals surface area (Å²) in [7, 11) is 0. The van der Waals surface area contributed by atoms with E-state index in [9.17, 15) is 4.79 Å². The van der Waals surface area contributed by atoms with Gasteiger partial charge in [0.05, 0.1) is 78.2 Å². The maximum Gasteiger partial charge on any atom is 0.338 e. The summed E-state index contributed by atoms with van der Waals surface area (Å²) in [6.07, 6.45) is 3.39. The van der Waals surface area contributed by atoms with Gasteiger partial charge in [0.15, 0.2) is 0 Å². The van der Waals surface area contributed by atoms with E-state index in [2.05, 4.69) is 26.1 Å². The summed E-state index contributed by atoms with van der Waals surface area (Å²) in [5.74, 6) is 0.244. The number of hydrogen-bond donors (Lipinski definition) is 1. The standard InChI is InChI=1S/C28H49NO8/c1-4-6-11-29-27-9-7-26(8-10-27)28(30)37-23-22-35-19-18-33-15-14-31-12-13-32-16-17-34-20-21-36-24-25(3)5-2/h7-10,25,29H,4-6,11-24H2,1-3H3. The Balaban J connectivity index is 1.80. The number of benzene rings is 1. The van der Waals surface area contributed by atoms with Crippen LogP contribution in [0.3, 0.4) is 0 Å². The van der Waals surface area contributed by atoms with Crippen LogP contribution in [0.2, 0.25) is 0 Å². The molecule has 0 aliphatic heterocycles. The van der Waals surface area contributed by atoms with Crippen LogP contribution in [0, 0.1) is 5.92 Å². The van der Waals surface area contributed by atoms with Gasteiger partial charge < -0.3 is 38.5 Å². The zero-order valence-electron chi connectivity index (χ0n) is 23.2. The lowest BCUT2D eigenvalue weighted by atomic mass is 10.1. The minimum absolute atomic E-state index is 0.204. The zero-order chi connectivity index (χ0) is 26.8. The molecule has 9 nitrogen and oxygen atoms in total. The Hall–Kier alpha value is -1.75. The van der Waals surface area contributed by atoms with Gasteiger partial charge in [-0.15, -0.1) is 0 Å². The minimum atomic E-state index is -0.351. The van der Waals surface area contributed by atoms with E-state index in [0.29, 0.717) is 84.2 Å². The number of carbonyl (C=O) groups excluding carboxylic acids is 1. The summed E-state index contributed by atoms with van der Waals surface area (Å²) in [5.41, 5.74) is 1.53. The van der Waals surface area contributed by atoms with Gasteiger partial charge in [-0.2, -0.15) is 0 Å². The van der Waals surface area contributed by atoms with Crippen molar-refractivity contribution < 1.29 is 38.0 Å². The third-order valence-electron chi connectivity index (χ3n) is 5.40. The predicted molar refractivity (Wildman–Crippen MR) is 144 cm³/mol. The Kier molecular flexibility index (Phi) is 22.1. The molecule has 0 heterocycles. The average molecular weight is 528 g/mol. The molecule has 9 heteroatoms. The van der Waals surface area contributed by atoms with Gasteiger partial charge in [0.2, 0.25) is 0 Å². The van der Waals surface area contributed by atoms with Crippen molar-refractivity contribution in [1.82, 2.24) is 0 Å². The molecular weight excluding hydrogens is 478 g/mol. The maximum absolute atomic E-state index is 12.1. The third kappa shape index (κ3) is 20.0. The smallest absolute Gasteiger partial charge is 0.338 e. The number of hydrogen-bond acceptors (Lipinski definition) is 9. The first kappa shape index (κ1) is 33.3. The van der Waals surface area contributed by atoms with E-state index in [1.807, 2.05) is 12.1 Å². The second kappa shape index (κ2) is 24.6. The Morgan fingerprint density at radius 2 is 1.16 bits per heavy atom. The number of carbonyl (C=O) groups is 1. The molecule has 1 unspecified atom stereocenters. The molecule has 37 heavy (non-hydrogen) atoms. The van der Waals surface area contributed by atoms with Crippen LogP contribution >= 0.6 is 0 Å². The summed E-state index contributed by atoms with van der Waals surface area (Å²) in [6.45, 7) is 14.0. The van der Waals surface area contributed by atoms with Gasteiger partial charge >= 0.3 is 5.97 Å². The fraction of sp³-hybridized carbons (Fsp3) is 0.750. The van der Waals surface area contributed by atoms with E-state index in [1.165, 1.54) is 0 Å². The molecule has 0 spiro atoms. The second-order valence-corrected chi connectivity index (χ2v) is 8.64. The van der Waals surface area contributed by atoms with Crippen molar-refractivity contribution in [3.63, 3.8) is 0 Å². The summed E-state index contributed by atoms with van der Waals surface area (Å²) in [4.78, 5) is 12.1. The van der Waals surface area contributed by atoms with Crippen molar-refractivity contribution >= 4 is 11.7 Å². The summed E-state index contributed by atoms with van der Waals surface area (Å²) in [5, 5.41) is 3.32. The lowest BCUT2D eigenvalue weighted by Gasteiger charge is -2.10. The van der Waals surface area contributed by atoms with E-state index < -0.39 is 0 Å². The van der Waals surface area contributed by atoms with Crippen LogP contribution < -0.4 is 5.32 Å². The van der Waals surface area contributed by atoms with Gasteiger partial charge in [-0.05, 0) is 36.6 Å². The number of ether oxygens (including phenoxy) is 7. The molecule has 1 rings (SSSR count). The van der Waals surface area contributed by atoms with E-state index in [4.69, 9.17) is 33.2 Å². The van der Waals surface area contributed by atoms with Crippen molar-refractivity contribution in [2.24, 2.45) is 5.92 Å². The van der Waals surface area contributed by atoms with Gasteiger partial charge in [-0.3, -0.25) is 0 Å². The van der Waals surface area contributed by atoms with Gasteiger partial charge in [0.1, 0.15) is 6.61 Å². The lowest BCUT2D eigenvalue weighted by molar-refractivity contribution is -0.0204. The van der Waals surface area contributed by atoms with Crippen LogP contribution in [-0.4, -0.2) is 98.4 Å². The first-order valence-corrected chi connectivity index (χ1v) is 13.6. The summed E-state index contributed by atoms with van der Waals surface area (Å²) >= 11 is 0. The van der Waals surface area contributed by atoms with Crippen molar-refractivity contribution in [2.75, 3.05) is 97.8 Å². The third-order valence-corrected chi connectivity index (χ3v) is 5.40. The molecule has 0 radical (unpaired) electrons. The molecule has 1 atom stereocenters. The molecule has 0 saturated heterocycles. The average Bonchev–Trinajstić information content (AvgIpc) is 2.92. The second-order valence-electron chi connectivity index (χ2n) is 8.64. The Morgan fingerprint density at radius 3 is 1.62 bits per heavy atom. The van der Waals surface area contributed by atoms with E-state index >= 15 is 0 Å². The van der Waals surface area contributed by atoms with Gasteiger partial charge in [-0.1, -0.05) is 33.6 Å². The van der Waals surface area contributed by atoms with Crippen molar-refractivity contribution in [1.29, 1.82) is 0 Å². The minimum Gasteiger partial charge on any atom is -0.460 e. The molecule has 1 aromatic rings. The molecule has 0 aliphatic rings. The van der Waals surface area contributed by atoms with Crippen LogP contribution in [0.25, 0.3) is 0 Å². The predicted octanol–water partition coefficient (Wildman–Crippen LogP) is 4.20.